The Hall–Kier alpha value is -0.360. The second kappa shape index (κ2) is 10.4. The number of aromatic nitrogens is 1. The van der Waals surface area contributed by atoms with Crippen molar-refractivity contribution in [1.29, 1.82) is 0 Å². The minimum absolute atomic E-state index is 0. The smallest absolute Gasteiger partial charge is 0.220 e. The van der Waals surface area contributed by atoms with E-state index in [1.54, 1.807) is 11.3 Å². The van der Waals surface area contributed by atoms with Crippen molar-refractivity contribution in [1.82, 2.24) is 15.6 Å². The van der Waals surface area contributed by atoms with E-state index in [0.717, 1.165) is 43.2 Å². The number of carbonyl (C=O) groups is 1. The highest BCUT2D eigenvalue weighted by atomic mass is 35.5. The number of carbonyl (C=O) groups excluding carboxylic acids is 1. The second-order valence-corrected chi connectivity index (χ2v) is 6.53. The lowest BCUT2D eigenvalue weighted by molar-refractivity contribution is -0.121. The van der Waals surface area contributed by atoms with Gasteiger partial charge in [-0.3, -0.25) is 4.79 Å². The molecule has 0 saturated carbocycles. The maximum atomic E-state index is 11.7. The Labute approximate surface area is 143 Å². The van der Waals surface area contributed by atoms with Gasteiger partial charge in [0.25, 0.3) is 0 Å². The summed E-state index contributed by atoms with van der Waals surface area (Å²) in [5.41, 5.74) is 1.11. The third-order valence-corrected chi connectivity index (χ3v) is 4.75. The molecule has 1 fully saturated rings. The van der Waals surface area contributed by atoms with E-state index < -0.39 is 0 Å². The quantitative estimate of drug-likeness (QED) is 0.826. The molecule has 2 rings (SSSR count). The summed E-state index contributed by atoms with van der Waals surface area (Å²) in [6, 6.07) is 0. The summed E-state index contributed by atoms with van der Waals surface area (Å²) in [5.74, 6) is 0.878. The molecule has 0 spiro atoms. The summed E-state index contributed by atoms with van der Waals surface area (Å²) in [5, 5.41) is 7.45. The first kappa shape index (κ1) is 20.6. The molecule has 2 heterocycles. The number of thiazole rings is 1. The van der Waals surface area contributed by atoms with Crippen LogP contribution in [0.4, 0.5) is 0 Å². The molecule has 1 aliphatic heterocycles. The number of hydrogen-bond acceptors (Lipinski definition) is 4. The Kier molecular flexibility index (Phi) is 10.2. The first-order valence-corrected chi connectivity index (χ1v) is 7.87. The van der Waals surface area contributed by atoms with E-state index in [4.69, 9.17) is 0 Å². The number of nitrogens with zero attached hydrogens (tertiary/aromatic N) is 1. The molecular formula is C14H25Cl2N3OS. The van der Waals surface area contributed by atoms with Crippen molar-refractivity contribution < 1.29 is 4.79 Å². The molecule has 1 amide bonds. The predicted molar refractivity (Wildman–Crippen MR) is 93.0 cm³/mol. The van der Waals surface area contributed by atoms with Crippen LogP contribution in [0.2, 0.25) is 0 Å². The number of rotatable bonds is 6. The molecule has 1 aliphatic rings. The van der Waals surface area contributed by atoms with Gasteiger partial charge in [0.05, 0.1) is 10.7 Å². The fourth-order valence-corrected chi connectivity index (χ4v) is 3.44. The highest BCUT2D eigenvalue weighted by Crippen LogP contribution is 2.17. The van der Waals surface area contributed by atoms with Crippen molar-refractivity contribution in [2.24, 2.45) is 5.92 Å². The van der Waals surface area contributed by atoms with Gasteiger partial charge in [0.15, 0.2) is 0 Å². The molecule has 0 radical (unpaired) electrons. The molecule has 2 N–H and O–H groups in total. The number of nitrogens with one attached hydrogen (secondary N) is 2. The Bertz CT molecular complexity index is 434. The highest BCUT2D eigenvalue weighted by Gasteiger charge is 2.15. The SMILES string of the molecule is Cc1nc(C)c(CCNC(=O)CCC2CCNC2)s1.Cl.Cl. The maximum absolute atomic E-state index is 11.7. The van der Waals surface area contributed by atoms with Gasteiger partial charge >= 0.3 is 0 Å². The zero-order valence-electron chi connectivity index (χ0n) is 12.6. The van der Waals surface area contributed by atoms with Crippen LogP contribution in [0.5, 0.6) is 0 Å². The summed E-state index contributed by atoms with van der Waals surface area (Å²) < 4.78 is 0. The summed E-state index contributed by atoms with van der Waals surface area (Å²) in [7, 11) is 0. The Morgan fingerprint density at radius 3 is 2.76 bits per heavy atom. The van der Waals surface area contributed by atoms with Gasteiger partial charge in [0.2, 0.25) is 5.91 Å². The standard InChI is InChI=1S/C14H23N3OS.2ClH/c1-10-13(19-11(2)17-10)6-8-16-14(18)4-3-12-5-7-15-9-12;;/h12,15H,3-9H2,1-2H3,(H,16,18);2*1H. The van der Waals surface area contributed by atoms with Crippen LogP contribution in [0, 0.1) is 19.8 Å². The number of hydrogen-bond donors (Lipinski definition) is 2. The normalized spacial score (nSPS) is 17.0. The van der Waals surface area contributed by atoms with E-state index in [0.29, 0.717) is 12.3 Å². The zero-order valence-corrected chi connectivity index (χ0v) is 15.1. The van der Waals surface area contributed by atoms with Gasteiger partial charge in [-0.2, -0.15) is 0 Å². The molecule has 0 aliphatic carbocycles. The third-order valence-electron chi connectivity index (χ3n) is 3.62. The number of halogens is 2. The molecule has 0 bridgehead atoms. The van der Waals surface area contributed by atoms with Crippen molar-refractivity contribution in [2.75, 3.05) is 19.6 Å². The summed E-state index contributed by atoms with van der Waals surface area (Å²) in [6.45, 7) is 6.97. The van der Waals surface area contributed by atoms with Crippen LogP contribution < -0.4 is 10.6 Å². The molecule has 4 nitrogen and oxygen atoms in total. The van der Waals surface area contributed by atoms with Crippen LogP contribution in [0.1, 0.15) is 34.8 Å². The van der Waals surface area contributed by atoms with Crippen LogP contribution in [-0.4, -0.2) is 30.5 Å². The average molecular weight is 354 g/mol. The van der Waals surface area contributed by atoms with Gasteiger partial charge < -0.3 is 10.6 Å². The van der Waals surface area contributed by atoms with E-state index >= 15 is 0 Å². The van der Waals surface area contributed by atoms with Gasteiger partial charge in [-0.25, -0.2) is 4.98 Å². The Balaban J connectivity index is 0.00000200. The fraction of sp³-hybridized carbons (Fsp3) is 0.714. The number of aryl methyl sites for hydroxylation is 2. The molecule has 1 atom stereocenters. The van der Waals surface area contributed by atoms with Crippen molar-refractivity contribution in [3.05, 3.63) is 15.6 Å². The van der Waals surface area contributed by atoms with E-state index in [9.17, 15) is 4.79 Å². The topological polar surface area (TPSA) is 54.0 Å². The lowest BCUT2D eigenvalue weighted by Gasteiger charge is -2.08. The molecular weight excluding hydrogens is 329 g/mol. The summed E-state index contributed by atoms with van der Waals surface area (Å²) >= 11 is 1.73. The third kappa shape index (κ3) is 6.96. The minimum Gasteiger partial charge on any atom is -0.356 e. The van der Waals surface area contributed by atoms with Gasteiger partial charge in [-0.1, -0.05) is 0 Å². The first-order chi connectivity index (χ1) is 9.15. The molecule has 0 aromatic carbocycles. The van der Waals surface area contributed by atoms with Crippen molar-refractivity contribution in [2.45, 2.75) is 39.5 Å². The average Bonchev–Trinajstić information content (AvgIpc) is 2.97. The zero-order chi connectivity index (χ0) is 13.7. The monoisotopic (exact) mass is 353 g/mol. The van der Waals surface area contributed by atoms with Crippen LogP contribution in [-0.2, 0) is 11.2 Å². The second-order valence-electron chi connectivity index (χ2n) is 5.24. The Morgan fingerprint density at radius 1 is 1.43 bits per heavy atom. The highest BCUT2D eigenvalue weighted by molar-refractivity contribution is 7.11. The maximum Gasteiger partial charge on any atom is 0.220 e. The molecule has 1 saturated heterocycles. The molecule has 21 heavy (non-hydrogen) atoms. The fourth-order valence-electron chi connectivity index (χ4n) is 2.51. The van der Waals surface area contributed by atoms with Gasteiger partial charge in [0, 0.05) is 24.3 Å². The Morgan fingerprint density at radius 2 is 2.19 bits per heavy atom. The largest absolute Gasteiger partial charge is 0.356 e. The van der Waals surface area contributed by atoms with E-state index in [1.807, 2.05) is 13.8 Å². The van der Waals surface area contributed by atoms with Crippen molar-refractivity contribution >= 4 is 42.1 Å². The van der Waals surface area contributed by atoms with E-state index in [-0.39, 0.29) is 30.7 Å². The summed E-state index contributed by atoms with van der Waals surface area (Å²) in [6.07, 6.45) is 3.78. The van der Waals surface area contributed by atoms with Crippen LogP contribution >= 0.6 is 36.2 Å². The lowest BCUT2D eigenvalue weighted by Crippen LogP contribution is -2.26. The van der Waals surface area contributed by atoms with Gasteiger partial charge in [0.1, 0.15) is 0 Å². The van der Waals surface area contributed by atoms with Crippen molar-refractivity contribution in [3.63, 3.8) is 0 Å². The van der Waals surface area contributed by atoms with Crippen LogP contribution in [0.15, 0.2) is 0 Å². The van der Waals surface area contributed by atoms with Crippen molar-refractivity contribution in [3.8, 4) is 0 Å². The van der Waals surface area contributed by atoms with Crippen LogP contribution in [0.3, 0.4) is 0 Å². The van der Waals surface area contributed by atoms with Crippen LogP contribution in [0.25, 0.3) is 0 Å². The van der Waals surface area contributed by atoms with Gasteiger partial charge in [-0.05, 0) is 45.7 Å². The predicted octanol–water partition coefficient (Wildman–Crippen LogP) is 2.65. The molecule has 1 aromatic rings. The molecule has 7 heteroatoms. The van der Waals surface area contributed by atoms with Gasteiger partial charge in [-0.15, -0.1) is 36.2 Å². The first-order valence-electron chi connectivity index (χ1n) is 7.05. The number of amides is 1. The minimum atomic E-state index is 0. The summed E-state index contributed by atoms with van der Waals surface area (Å²) in [4.78, 5) is 17.4. The lowest BCUT2D eigenvalue weighted by atomic mass is 10.0. The molecule has 1 unspecified atom stereocenters. The molecule has 122 valence electrons. The van der Waals surface area contributed by atoms with E-state index in [1.165, 1.54) is 11.3 Å². The molecule has 1 aromatic heterocycles. The van der Waals surface area contributed by atoms with E-state index in [2.05, 4.69) is 15.6 Å².